The van der Waals surface area contributed by atoms with Gasteiger partial charge in [0.25, 0.3) is 0 Å². The van der Waals surface area contributed by atoms with E-state index in [2.05, 4.69) is 14.2 Å². The Balaban J connectivity index is 2.57. The van der Waals surface area contributed by atoms with Crippen LogP contribution in [0.4, 0.5) is 0 Å². The van der Waals surface area contributed by atoms with E-state index in [4.69, 9.17) is 0 Å². The van der Waals surface area contributed by atoms with Gasteiger partial charge in [-0.2, -0.15) is 0 Å². The number of rotatable bonds is 7. The summed E-state index contributed by atoms with van der Waals surface area (Å²) in [4.78, 5) is 33.8. The fourth-order valence-electron chi connectivity index (χ4n) is 1.82. The lowest BCUT2D eigenvalue weighted by Crippen LogP contribution is -2.51. The summed E-state index contributed by atoms with van der Waals surface area (Å²) in [6, 6.07) is -0.553. The van der Waals surface area contributed by atoms with Crippen molar-refractivity contribution in [3.05, 3.63) is 0 Å². The minimum absolute atomic E-state index is 0.00408. The zero-order valence-electron chi connectivity index (χ0n) is 10.5. The van der Waals surface area contributed by atoms with Gasteiger partial charge in [-0.15, -0.1) is 0 Å². The van der Waals surface area contributed by atoms with Gasteiger partial charge in [0.05, 0.1) is 29.3 Å². The summed E-state index contributed by atoms with van der Waals surface area (Å²) >= 11 is 1.78. The predicted octanol–water partition coefficient (Wildman–Crippen LogP) is 0.262. The summed E-state index contributed by atoms with van der Waals surface area (Å²) in [5, 5.41) is 5.38. The zero-order valence-corrected chi connectivity index (χ0v) is 12.6. The van der Waals surface area contributed by atoms with Crippen molar-refractivity contribution in [1.29, 1.82) is 0 Å². The van der Waals surface area contributed by atoms with E-state index in [-0.39, 0.29) is 24.2 Å². The summed E-state index contributed by atoms with van der Waals surface area (Å²) in [6.07, 6.45) is 2.42. The normalized spacial score (nSPS) is 17.8. The summed E-state index contributed by atoms with van der Waals surface area (Å²) in [6.45, 7) is 3.72. The number of hydrogen-bond donors (Lipinski definition) is 3. The first-order valence-corrected chi connectivity index (χ1v) is 6.93. The van der Waals surface area contributed by atoms with E-state index in [9.17, 15) is 14.4 Å². The van der Waals surface area contributed by atoms with Crippen molar-refractivity contribution in [3.8, 4) is 0 Å². The van der Waals surface area contributed by atoms with E-state index in [0.717, 1.165) is 12.8 Å². The molecule has 0 bridgehead atoms. The first-order valence-electron chi connectivity index (χ1n) is 5.85. The van der Waals surface area contributed by atoms with Gasteiger partial charge in [-0.1, -0.05) is 13.8 Å². The second-order valence-electron chi connectivity index (χ2n) is 4.97. The van der Waals surface area contributed by atoms with Crippen LogP contribution < -0.4 is 14.2 Å². The molecule has 1 fully saturated rings. The van der Waals surface area contributed by atoms with Gasteiger partial charge in [-0.05, 0) is 18.8 Å². The zero-order chi connectivity index (χ0) is 13.8. The van der Waals surface area contributed by atoms with Crippen LogP contribution in [0, 0.1) is 5.92 Å². The maximum atomic E-state index is 12.0. The number of carbonyl (C=O) groups excluding carboxylic acids is 3. The molecular formula is C11H18IN3O3. The molecule has 0 aromatic rings. The molecular weight excluding hydrogens is 349 g/mol. The Morgan fingerprint density at radius 2 is 2.00 bits per heavy atom. The number of halogens is 1. The average molecular weight is 367 g/mol. The monoisotopic (exact) mass is 367 g/mol. The van der Waals surface area contributed by atoms with Crippen LogP contribution >= 0.6 is 22.9 Å². The molecule has 1 aliphatic rings. The molecule has 0 aromatic heterocycles. The molecule has 7 heteroatoms. The van der Waals surface area contributed by atoms with Crippen molar-refractivity contribution in [2.75, 3.05) is 0 Å². The summed E-state index contributed by atoms with van der Waals surface area (Å²) < 4.78 is 2.52. The van der Waals surface area contributed by atoms with Crippen molar-refractivity contribution in [2.24, 2.45) is 5.92 Å². The molecule has 102 valence electrons. The Morgan fingerprint density at radius 3 is 2.39 bits per heavy atom. The second kappa shape index (κ2) is 6.35. The van der Waals surface area contributed by atoms with E-state index in [1.165, 1.54) is 0 Å². The molecule has 6 nitrogen and oxygen atoms in total. The van der Waals surface area contributed by atoms with Gasteiger partial charge in [0.15, 0.2) is 0 Å². The Labute approximate surface area is 120 Å². The lowest BCUT2D eigenvalue weighted by atomic mass is 10.0. The molecule has 0 radical (unpaired) electrons. The Hall–Kier alpha value is -0.860. The molecule has 1 atom stereocenters. The summed E-state index contributed by atoms with van der Waals surface area (Å²) in [7, 11) is 0. The lowest BCUT2D eigenvalue weighted by Gasteiger charge is -2.23. The van der Waals surface area contributed by atoms with Crippen LogP contribution in [0.5, 0.6) is 0 Å². The topological polar surface area (TPSA) is 87.3 Å². The SMILES string of the molecule is CC(C)[C@H](NC=O)C(=O)NC1(CC(=O)NI)CC1. The highest BCUT2D eigenvalue weighted by Crippen LogP contribution is 2.38. The van der Waals surface area contributed by atoms with E-state index in [0.29, 0.717) is 6.41 Å². The maximum absolute atomic E-state index is 12.0. The fourth-order valence-corrected chi connectivity index (χ4v) is 2.01. The van der Waals surface area contributed by atoms with E-state index < -0.39 is 11.6 Å². The Kier molecular flexibility index (Phi) is 5.36. The standard InChI is InChI=1S/C11H18IN3O3/c1-7(2)9(13-6-16)10(18)14-11(3-4-11)5-8(17)15-12/h6-7,9H,3-5H2,1-2H3,(H,13,16)(H,14,18)(H,15,17)/t9-/m0/s1. The molecule has 0 saturated heterocycles. The third kappa shape index (κ3) is 4.11. The van der Waals surface area contributed by atoms with Gasteiger partial charge in [-0.25, -0.2) is 0 Å². The van der Waals surface area contributed by atoms with Gasteiger partial charge in [0, 0.05) is 5.54 Å². The van der Waals surface area contributed by atoms with Crippen LogP contribution in [0.3, 0.4) is 0 Å². The number of nitrogens with one attached hydrogen (secondary N) is 3. The largest absolute Gasteiger partial charge is 0.348 e. The molecule has 0 heterocycles. The van der Waals surface area contributed by atoms with Gasteiger partial charge in [-0.3, -0.25) is 17.9 Å². The van der Waals surface area contributed by atoms with Gasteiger partial charge in [0.1, 0.15) is 6.04 Å². The minimum Gasteiger partial charge on any atom is -0.348 e. The van der Waals surface area contributed by atoms with Crippen molar-refractivity contribution < 1.29 is 14.4 Å². The highest BCUT2D eigenvalue weighted by Gasteiger charge is 2.46. The lowest BCUT2D eigenvalue weighted by molar-refractivity contribution is -0.127. The van der Waals surface area contributed by atoms with Gasteiger partial charge < -0.3 is 10.6 Å². The quantitative estimate of drug-likeness (QED) is 0.343. The van der Waals surface area contributed by atoms with Crippen LogP contribution in [0.15, 0.2) is 0 Å². The number of hydrogen-bond acceptors (Lipinski definition) is 3. The first-order chi connectivity index (χ1) is 8.44. The fraction of sp³-hybridized carbons (Fsp3) is 0.727. The summed E-state index contributed by atoms with van der Waals surface area (Å²) in [5.74, 6) is -0.321. The Bertz CT molecular complexity index is 342. The van der Waals surface area contributed by atoms with Crippen molar-refractivity contribution in [1.82, 2.24) is 14.2 Å². The number of amides is 3. The minimum atomic E-state index is -0.553. The first kappa shape index (κ1) is 15.2. The van der Waals surface area contributed by atoms with Crippen LogP contribution in [-0.2, 0) is 14.4 Å². The number of carbonyl (C=O) groups is 3. The van der Waals surface area contributed by atoms with Crippen LogP contribution in [0.1, 0.15) is 33.1 Å². The summed E-state index contributed by atoms with van der Waals surface area (Å²) in [5.41, 5.74) is -0.413. The third-order valence-corrected chi connectivity index (χ3v) is 3.64. The molecule has 0 spiro atoms. The smallest absolute Gasteiger partial charge is 0.243 e. The average Bonchev–Trinajstić information content (AvgIpc) is 3.04. The molecule has 3 amide bonds. The molecule has 1 rings (SSSR count). The van der Waals surface area contributed by atoms with Crippen molar-refractivity contribution in [3.63, 3.8) is 0 Å². The molecule has 0 aromatic carbocycles. The van der Waals surface area contributed by atoms with Crippen molar-refractivity contribution in [2.45, 2.75) is 44.7 Å². The third-order valence-electron chi connectivity index (χ3n) is 3.04. The molecule has 1 aliphatic carbocycles. The maximum Gasteiger partial charge on any atom is 0.243 e. The molecule has 0 unspecified atom stereocenters. The predicted molar refractivity (Wildman–Crippen MR) is 74.7 cm³/mol. The van der Waals surface area contributed by atoms with Crippen LogP contribution in [-0.4, -0.2) is 29.8 Å². The second-order valence-corrected chi connectivity index (χ2v) is 5.51. The van der Waals surface area contributed by atoms with E-state index in [1.54, 1.807) is 22.9 Å². The molecule has 18 heavy (non-hydrogen) atoms. The van der Waals surface area contributed by atoms with Gasteiger partial charge in [0.2, 0.25) is 18.2 Å². The van der Waals surface area contributed by atoms with Crippen LogP contribution in [0.25, 0.3) is 0 Å². The van der Waals surface area contributed by atoms with Crippen LogP contribution in [0.2, 0.25) is 0 Å². The van der Waals surface area contributed by atoms with Gasteiger partial charge >= 0.3 is 0 Å². The highest BCUT2D eigenvalue weighted by molar-refractivity contribution is 14.1. The van der Waals surface area contributed by atoms with E-state index >= 15 is 0 Å². The van der Waals surface area contributed by atoms with Crippen molar-refractivity contribution >= 4 is 41.1 Å². The highest BCUT2D eigenvalue weighted by atomic mass is 127. The van der Waals surface area contributed by atoms with E-state index in [1.807, 2.05) is 13.8 Å². The molecule has 3 N–H and O–H groups in total. The Morgan fingerprint density at radius 1 is 1.39 bits per heavy atom. The molecule has 0 aliphatic heterocycles. The molecule has 1 saturated carbocycles.